The second-order valence-electron chi connectivity index (χ2n) is 12.1. The van der Waals surface area contributed by atoms with Gasteiger partial charge in [0.2, 0.25) is 0 Å². The molecule has 40 heavy (non-hydrogen) atoms. The summed E-state index contributed by atoms with van der Waals surface area (Å²) in [6.07, 6.45) is 18.7. The molecule has 4 saturated carbocycles. The molecule has 4 aromatic carbocycles. The van der Waals surface area contributed by atoms with Gasteiger partial charge in [-0.2, -0.15) is 6.08 Å². The molecule has 0 nitrogen and oxygen atoms in total. The van der Waals surface area contributed by atoms with Crippen molar-refractivity contribution in [1.82, 2.24) is 0 Å². The molecule has 4 bridgehead atoms. The maximum absolute atomic E-state index is 3.72. The van der Waals surface area contributed by atoms with Crippen molar-refractivity contribution in [3.8, 4) is 0 Å². The Bertz CT molecular complexity index is 1380. The van der Waals surface area contributed by atoms with Crippen LogP contribution in [0.2, 0.25) is 0 Å². The van der Waals surface area contributed by atoms with E-state index in [0.29, 0.717) is 11.3 Å². The van der Waals surface area contributed by atoms with Gasteiger partial charge in [-0.05, 0) is 61.7 Å². The van der Waals surface area contributed by atoms with Crippen LogP contribution in [0.1, 0.15) is 51.0 Å². The topological polar surface area (TPSA) is 0 Å². The first kappa shape index (κ1) is 31.3. The van der Waals surface area contributed by atoms with Crippen LogP contribution >= 0.6 is 0 Å². The second-order valence-corrected chi connectivity index (χ2v) is 13.1. The van der Waals surface area contributed by atoms with Gasteiger partial charge in [0.05, 0.1) is 0 Å². The molecule has 9 rings (SSSR count). The summed E-state index contributed by atoms with van der Waals surface area (Å²) in [5.41, 5.74) is 3.59. The summed E-state index contributed by atoms with van der Waals surface area (Å²) in [4.78, 5) is 0. The summed E-state index contributed by atoms with van der Waals surface area (Å²) in [6.45, 7) is 2.27. The number of hydrogen-bond acceptors (Lipinski definition) is 0. The Morgan fingerprint density at radius 3 is 1.75 bits per heavy atom. The van der Waals surface area contributed by atoms with Crippen LogP contribution in [0.5, 0.6) is 0 Å². The van der Waals surface area contributed by atoms with Crippen molar-refractivity contribution in [2.24, 2.45) is 29.1 Å². The minimum atomic E-state index is 0. The molecule has 3 heteroatoms. The maximum atomic E-state index is 3.72. The molecule has 0 amide bonds. The smallest absolute Gasteiger partial charge is 0.0771 e. The molecule has 1 atom stereocenters. The van der Waals surface area contributed by atoms with Crippen molar-refractivity contribution in [3.63, 3.8) is 0 Å². The summed E-state index contributed by atoms with van der Waals surface area (Å²) in [5, 5.41) is 5.39. The molecular formula is C37H38Cl2Zr-2. The molecule has 1 unspecified atom stereocenters. The number of hydrogen-bond donors (Lipinski definition) is 0. The molecule has 5 aliphatic rings. The Balaban J connectivity index is 0.000000141. The number of halogens is 2. The first-order chi connectivity index (χ1) is 18.6. The Labute approximate surface area is 267 Å². The van der Waals surface area contributed by atoms with Crippen LogP contribution in [0.4, 0.5) is 0 Å². The van der Waals surface area contributed by atoms with E-state index in [1.54, 1.807) is 24.8 Å². The summed E-state index contributed by atoms with van der Waals surface area (Å²) < 4.78 is 2.25. The average molecular weight is 645 g/mol. The van der Waals surface area contributed by atoms with E-state index in [1.165, 1.54) is 70.6 Å². The zero-order chi connectivity index (χ0) is 26.0. The van der Waals surface area contributed by atoms with Crippen molar-refractivity contribution in [2.45, 2.75) is 51.9 Å². The molecule has 0 heterocycles. The Morgan fingerprint density at radius 1 is 0.775 bits per heavy atom. The van der Waals surface area contributed by atoms with E-state index >= 15 is 0 Å². The minimum absolute atomic E-state index is 0. The van der Waals surface area contributed by atoms with Crippen LogP contribution in [-0.2, 0) is 30.7 Å². The van der Waals surface area contributed by atoms with Gasteiger partial charge in [0.25, 0.3) is 0 Å². The fourth-order valence-electron chi connectivity index (χ4n) is 7.99. The summed E-state index contributed by atoms with van der Waals surface area (Å²) in [7, 11) is 0. The summed E-state index contributed by atoms with van der Waals surface area (Å²) in [6, 6.07) is 29.8. The van der Waals surface area contributed by atoms with E-state index in [1.807, 2.05) is 6.07 Å². The third-order valence-corrected chi connectivity index (χ3v) is 9.75. The van der Waals surface area contributed by atoms with Crippen molar-refractivity contribution in [2.75, 3.05) is 0 Å². The van der Waals surface area contributed by atoms with Gasteiger partial charge < -0.3 is 24.8 Å². The molecule has 0 spiro atoms. The van der Waals surface area contributed by atoms with Crippen LogP contribution in [0.15, 0.2) is 103 Å². The van der Waals surface area contributed by atoms with Gasteiger partial charge in [-0.15, -0.1) is 39.7 Å². The molecule has 206 valence electrons. The Kier molecular flexibility index (Phi) is 11.0. The van der Waals surface area contributed by atoms with Crippen LogP contribution in [0, 0.1) is 35.2 Å². The zero-order valence-electron chi connectivity index (χ0n) is 23.3. The molecular weight excluding hydrogens is 607 g/mol. The van der Waals surface area contributed by atoms with Gasteiger partial charge in [-0.25, -0.2) is 11.6 Å². The number of benzene rings is 3. The van der Waals surface area contributed by atoms with Crippen molar-refractivity contribution >= 4 is 25.3 Å². The third-order valence-electron chi connectivity index (χ3n) is 9.25. The number of fused-ring (bicyclic) bond motifs is 3. The molecule has 0 radical (unpaired) electrons. The van der Waals surface area contributed by atoms with Gasteiger partial charge in [0, 0.05) is 0 Å². The first-order valence-corrected chi connectivity index (χ1v) is 15.9. The minimum Gasteiger partial charge on any atom is -0.126 e. The Morgan fingerprint density at radius 2 is 1.27 bits per heavy atom. The molecule has 0 N–H and O–H groups in total. The number of rotatable bonds is 3. The molecule has 5 aliphatic carbocycles. The molecule has 0 aromatic heterocycles. The summed E-state index contributed by atoms with van der Waals surface area (Å²) in [5.74, 6) is 3.75. The van der Waals surface area contributed by atoms with Crippen LogP contribution < -0.4 is 24.8 Å². The number of allylic oxidation sites excluding steroid dienone is 4. The largest absolute Gasteiger partial charge is 0.126 e. The first-order valence-electron chi connectivity index (χ1n) is 14.5. The van der Waals surface area contributed by atoms with E-state index in [2.05, 4.69) is 108 Å². The predicted molar refractivity (Wildman–Crippen MR) is 159 cm³/mol. The van der Waals surface area contributed by atoms with E-state index in [-0.39, 0.29) is 24.8 Å². The summed E-state index contributed by atoms with van der Waals surface area (Å²) >= 11 is 1.51. The third kappa shape index (κ3) is 6.86. The van der Waals surface area contributed by atoms with Crippen molar-refractivity contribution in [1.29, 1.82) is 0 Å². The van der Waals surface area contributed by atoms with Gasteiger partial charge in [-0.1, -0.05) is 49.2 Å². The molecule has 4 fully saturated rings. The van der Waals surface area contributed by atoms with Crippen LogP contribution in [0.3, 0.4) is 0 Å². The average Bonchev–Trinajstić information content (AvgIpc) is 3.54. The van der Waals surface area contributed by atoms with E-state index in [0.717, 1.165) is 24.2 Å². The van der Waals surface area contributed by atoms with E-state index in [9.17, 15) is 0 Å². The van der Waals surface area contributed by atoms with E-state index < -0.39 is 0 Å². The van der Waals surface area contributed by atoms with Gasteiger partial charge in [0.1, 0.15) is 0 Å². The SMILES string of the molecule is CC1[C-]=C(C23CC4CC(CC(C4)C2)C3)C=C1.[Cl-].[Cl-].[Zr+2]=[CH]Cc1ccccc1.c1ccc2c(c1)[cH-]c1ccccc12. The van der Waals surface area contributed by atoms with E-state index in [4.69, 9.17) is 0 Å². The second kappa shape index (κ2) is 14.0. The van der Waals surface area contributed by atoms with Crippen molar-refractivity contribution in [3.05, 3.63) is 114 Å². The quantitative estimate of drug-likeness (QED) is 0.300. The maximum Gasteiger partial charge on any atom is -0.0771 e. The molecule has 4 aromatic rings. The fraction of sp³-hybridized carbons (Fsp3) is 0.351. The normalized spacial score (nSPS) is 27.0. The van der Waals surface area contributed by atoms with Crippen LogP contribution in [0.25, 0.3) is 21.5 Å². The molecule has 0 aliphatic heterocycles. The standard InChI is InChI=1S/C16H21.C13H9.C8H8.2ClH.Zr/c1-11-2-3-15(4-11)16-8-12-5-13(9-16)7-14(6-12)10-16;1-3-7-12-10(5-1)9-11-6-2-4-8-13(11)12;1-2-8-6-4-3-5-7-8;;;/h2-3,11-14H,5-10H2,1H3;1-9H;1,3-7H,2H2;2*1H;/q2*-1;;;;+2/p-2. The van der Waals surface area contributed by atoms with Gasteiger partial charge in [-0.3, -0.25) is 6.08 Å². The van der Waals surface area contributed by atoms with Gasteiger partial charge >= 0.3 is 70.3 Å². The Hall–Kier alpha value is -1.66. The monoisotopic (exact) mass is 642 g/mol. The zero-order valence-corrected chi connectivity index (χ0v) is 27.3. The fourth-order valence-corrected chi connectivity index (χ4v) is 8.57. The predicted octanol–water partition coefficient (Wildman–Crippen LogP) is 3.44. The van der Waals surface area contributed by atoms with Gasteiger partial charge in [0.15, 0.2) is 0 Å². The van der Waals surface area contributed by atoms with Crippen LogP contribution in [-0.4, -0.2) is 3.71 Å². The molecule has 0 saturated heterocycles. The van der Waals surface area contributed by atoms with Crippen molar-refractivity contribution < 1.29 is 49.0 Å².